The lowest BCUT2D eigenvalue weighted by atomic mass is 10.0. The number of hydrogen-bond donors (Lipinski definition) is 2. The summed E-state index contributed by atoms with van der Waals surface area (Å²) in [6.45, 7) is 9.04. The molecule has 2 N–H and O–H groups in total. The Balaban J connectivity index is 2.06. The normalized spacial score (nSPS) is 12.3. The molecule has 1 heterocycles. The van der Waals surface area contributed by atoms with Gasteiger partial charge in [0.25, 0.3) is 0 Å². The molecule has 0 radical (unpaired) electrons. The molecule has 0 aliphatic carbocycles. The topological polar surface area (TPSA) is 63.6 Å². The summed E-state index contributed by atoms with van der Waals surface area (Å²) in [4.78, 5) is 28.7. The van der Waals surface area contributed by atoms with E-state index >= 15 is 0 Å². The highest BCUT2D eigenvalue weighted by Gasteiger charge is 2.24. The lowest BCUT2D eigenvalue weighted by Gasteiger charge is -2.14. The average molecular weight is 357 g/mol. The van der Waals surface area contributed by atoms with Crippen molar-refractivity contribution in [1.82, 2.24) is 4.98 Å². The number of ether oxygens (including phenoxy) is 1. The van der Waals surface area contributed by atoms with E-state index in [1.165, 1.54) is 18.2 Å². The van der Waals surface area contributed by atoms with E-state index in [0.29, 0.717) is 35.0 Å². The average Bonchev–Trinajstić information content (AvgIpc) is 2.89. The van der Waals surface area contributed by atoms with Crippen molar-refractivity contribution in [2.75, 3.05) is 20.7 Å². The van der Waals surface area contributed by atoms with E-state index in [-0.39, 0.29) is 5.78 Å². The predicted octanol–water partition coefficient (Wildman–Crippen LogP) is 2.44. The number of quaternary nitrogens is 1. The molecule has 0 aliphatic heterocycles. The van der Waals surface area contributed by atoms with Crippen LogP contribution in [0.3, 0.4) is 0 Å². The minimum Gasteiger partial charge on any atom is -0.465 e. The molecule has 0 spiro atoms. The number of ketones is 1. The predicted molar refractivity (Wildman–Crippen MR) is 102 cm³/mol. The Morgan fingerprint density at radius 1 is 1.15 bits per heavy atom. The van der Waals surface area contributed by atoms with Gasteiger partial charge in [-0.2, -0.15) is 0 Å². The summed E-state index contributed by atoms with van der Waals surface area (Å²) in [5.74, 6) is 0.0945. The second kappa shape index (κ2) is 8.32. The van der Waals surface area contributed by atoms with Gasteiger partial charge in [-0.25, -0.2) is 4.79 Å². The number of nitrogens with one attached hydrogen (secondary N) is 2. The van der Waals surface area contributed by atoms with Gasteiger partial charge in [-0.3, -0.25) is 4.79 Å². The maximum atomic E-state index is 12.7. The zero-order chi connectivity index (χ0) is 19.4. The van der Waals surface area contributed by atoms with Crippen molar-refractivity contribution < 1.29 is 19.2 Å². The van der Waals surface area contributed by atoms with Crippen LogP contribution in [0.25, 0.3) is 0 Å². The van der Waals surface area contributed by atoms with E-state index in [0.717, 1.165) is 11.4 Å². The highest BCUT2D eigenvalue weighted by Crippen LogP contribution is 2.19. The van der Waals surface area contributed by atoms with Crippen LogP contribution in [0.4, 0.5) is 0 Å². The van der Waals surface area contributed by atoms with Gasteiger partial charge < -0.3 is 14.6 Å². The standard InChI is InChI=1S/C21H28N2O3/c1-13(2)17-9-7-16(8-10-17)11-23(5)12-18(24)20-14(3)19(15(4)22-20)21(25)26-6/h7-10,13,22H,11-12H2,1-6H3/p+1. The van der Waals surface area contributed by atoms with Crippen molar-refractivity contribution in [2.24, 2.45) is 0 Å². The summed E-state index contributed by atoms with van der Waals surface area (Å²) in [5, 5.41) is 0. The van der Waals surface area contributed by atoms with Crippen LogP contribution in [-0.4, -0.2) is 37.4 Å². The SMILES string of the molecule is COC(=O)c1c(C)[nH]c(C(=O)C[NH+](C)Cc2ccc(C(C)C)cc2)c1C. The van der Waals surface area contributed by atoms with Crippen molar-refractivity contribution in [3.05, 3.63) is 57.9 Å². The van der Waals surface area contributed by atoms with Crippen LogP contribution in [0.1, 0.15) is 63.0 Å². The van der Waals surface area contributed by atoms with E-state index in [1.54, 1.807) is 13.8 Å². The molecule has 1 atom stereocenters. The third-order valence-corrected chi connectivity index (χ3v) is 4.72. The number of esters is 1. The molecule has 2 rings (SSSR count). The summed E-state index contributed by atoms with van der Waals surface area (Å²) < 4.78 is 4.80. The fraction of sp³-hybridized carbons (Fsp3) is 0.429. The van der Waals surface area contributed by atoms with E-state index in [2.05, 4.69) is 43.1 Å². The van der Waals surface area contributed by atoms with E-state index in [4.69, 9.17) is 4.74 Å². The monoisotopic (exact) mass is 357 g/mol. The first-order valence-corrected chi connectivity index (χ1v) is 8.95. The number of carbonyl (C=O) groups excluding carboxylic acids is 2. The fourth-order valence-electron chi connectivity index (χ4n) is 3.23. The van der Waals surface area contributed by atoms with Gasteiger partial charge in [-0.05, 0) is 30.9 Å². The van der Waals surface area contributed by atoms with Gasteiger partial charge in [-0.1, -0.05) is 38.1 Å². The summed E-state index contributed by atoms with van der Waals surface area (Å²) in [7, 11) is 3.35. The second-order valence-corrected chi connectivity index (χ2v) is 7.25. The number of H-pyrrole nitrogens is 1. The van der Waals surface area contributed by atoms with Gasteiger partial charge in [0.1, 0.15) is 13.1 Å². The molecule has 5 nitrogen and oxygen atoms in total. The summed E-state index contributed by atoms with van der Waals surface area (Å²) in [5.41, 5.74) is 4.80. The summed E-state index contributed by atoms with van der Waals surface area (Å²) >= 11 is 0. The van der Waals surface area contributed by atoms with Gasteiger partial charge in [0.05, 0.1) is 25.4 Å². The molecule has 0 amide bonds. The first kappa shape index (κ1) is 19.9. The molecular weight excluding hydrogens is 328 g/mol. The van der Waals surface area contributed by atoms with Crippen LogP contribution in [0.15, 0.2) is 24.3 Å². The number of aromatic nitrogens is 1. The number of aromatic amines is 1. The first-order chi connectivity index (χ1) is 12.2. The Morgan fingerprint density at radius 2 is 1.77 bits per heavy atom. The molecule has 5 heteroatoms. The zero-order valence-electron chi connectivity index (χ0n) is 16.5. The zero-order valence-corrected chi connectivity index (χ0v) is 16.5. The Bertz CT molecular complexity index is 788. The number of likely N-dealkylation sites (N-methyl/N-ethyl adjacent to an activating group) is 1. The number of Topliss-reactive ketones (excluding diaryl/α,β-unsaturated/α-hetero) is 1. The minimum absolute atomic E-state index is 0.00273. The molecule has 0 saturated carbocycles. The van der Waals surface area contributed by atoms with Crippen LogP contribution < -0.4 is 4.90 Å². The highest BCUT2D eigenvalue weighted by atomic mass is 16.5. The van der Waals surface area contributed by atoms with Crippen molar-refractivity contribution in [2.45, 2.75) is 40.2 Å². The molecule has 0 saturated heterocycles. The molecule has 0 fully saturated rings. The fourth-order valence-corrected chi connectivity index (χ4v) is 3.23. The van der Waals surface area contributed by atoms with Crippen LogP contribution in [-0.2, 0) is 11.3 Å². The summed E-state index contributed by atoms with van der Waals surface area (Å²) in [6.07, 6.45) is 0. The molecule has 2 aromatic rings. The lowest BCUT2D eigenvalue weighted by molar-refractivity contribution is -0.884. The van der Waals surface area contributed by atoms with E-state index in [9.17, 15) is 9.59 Å². The van der Waals surface area contributed by atoms with Gasteiger partial charge in [0, 0.05) is 11.3 Å². The van der Waals surface area contributed by atoms with Crippen molar-refractivity contribution >= 4 is 11.8 Å². The van der Waals surface area contributed by atoms with Gasteiger partial charge in [-0.15, -0.1) is 0 Å². The lowest BCUT2D eigenvalue weighted by Crippen LogP contribution is -3.08. The Kier molecular flexibility index (Phi) is 6.37. The molecule has 0 bridgehead atoms. The van der Waals surface area contributed by atoms with Crippen molar-refractivity contribution in [3.63, 3.8) is 0 Å². The van der Waals surface area contributed by atoms with E-state index in [1.807, 2.05) is 7.05 Å². The molecule has 140 valence electrons. The van der Waals surface area contributed by atoms with Crippen LogP contribution in [0.5, 0.6) is 0 Å². The largest absolute Gasteiger partial charge is 0.465 e. The number of methoxy groups -OCH3 is 1. The number of aryl methyl sites for hydroxylation is 1. The molecule has 1 aromatic carbocycles. The minimum atomic E-state index is -0.416. The Labute approximate surface area is 155 Å². The molecular formula is C21H29N2O3+. The Morgan fingerprint density at radius 3 is 2.31 bits per heavy atom. The third-order valence-electron chi connectivity index (χ3n) is 4.72. The number of carbonyl (C=O) groups is 2. The van der Waals surface area contributed by atoms with Gasteiger partial charge in [0.2, 0.25) is 5.78 Å². The quantitative estimate of drug-likeness (QED) is 0.591. The number of hydrogen-bond acceptors (Lipinski definition) is 3. The van der Waals surface area contributed by atoms with Crippen LogP contribution in [0, 0.1) is 13.8 Å². The molecule has 1 aromatic heterocycles. The van der Waals surface area contributed by atoms with Gasteiger partial charge in [0.15, 0.2) is 0 Å². The third kappa shape index (κ3) is 4.41. The van der Waals surface area contributed by atoms with Crippen LogP contribution in [0.2, 0.25) is 0 Å². The van der Waals surface area contributed by atoms with Crippen molar-refractivity contribution in [3.8, 4) is 0 Å². The van der Waals surface area contributed by atoms with Gasteiger partial charge >= 0.3 is 5.97 Å². The maximum absolute atomic E-state index is 12.7. The maximum Gasteiger partial charge on any atom is 0.339 e. The molecule has 1 unspecified atom stereocenters. The first-order valence-electron chi connectivity index (χ1n) is 8.95. The number of benzene rings is 1. The summed E-state index contributed by atoms with van der Waals surface area (Å²) in [6, 6.07) is 8.55. The molecule has 26 heavy (non-hydrogen) atoms. The second-order valence-electron chi connectivity index (χ2n) is 7.25. The van der Waals surface area contributed by atoms with Crippen LogP contribution >= 0.6 is 0 Å². The number of rotatable bonds is 7. The van der Waals surface area contributed by atoms with E-state index < -0.39 is 5.97 Å². The molecule has 0 aliphatic rings. The van der Waals surface area contributed by atoms with Crippen molar-refractivity contribution in [1.29, 1.82) is 0 Å². The highest BCUT2D eigenvalue weighted by molar-refractivity contribution is 6.01. The smallest absolute Gasteiger partial charge is 0.339 e. The Hall–Kier alpha value is -2.40.